The molecule has 0 atom stereocenters. The zero-order chi connectivity index (χ0) is 18.0. The van der Waals surface area contributed by atoms with Crippen molar-refractivity contribution in [1.29, 1.82) is 0 Å². The fourth-order valence-corrected chi connectivity index (χ4v) is 2.05. The Morgan fingerprint density at radius 3 is 1.62 bits per heavy atom. The number of hydrogen-bond acceptors (Lipinski definition) is 5. The standard InChI is InChI=1S/C15H31NO2.Na.H2O4S/c1-2-3-4-5-6-7-8-9-10-11-13-16-14-12-15(17)18;;1-5(2,3)4/h16H,2-14H2,1H3,(H,17,18);;(H2,1,2,3,4)/q;+1;/p-1. The van der Waals surface area contributed by atoms with Gasteiger partial charge in [-0.2, -0.15) is 8.42 Å². The third-order valence-electron chi connectivity index (χ3n) is 3.21. The van der Waals surface area contributed by atoms with Crippen LogP contribution in [-0.4, -0.2) is 36.6 Å². The molecule has 0 saturated carbocycles. The van der Waals surface area contributed by atoms with Gasteiger partial charge in [-0.3, -0.25) is 9.11 Å². The summed E-state index contributed by atoms with van der Waals surface area (Å²) in [6.07, 6.45) is 13.5. The number of rotatable bonds is 14. The van der Waals surface area contributed by atoms with Crippen molar-refractivity contribution in [3.8, 4) is 0 Å². The van der Waals surface area contributed by atoms with Gasteiger partial charge < -0.3 is 15.2 Å². The molecule has 0 bridgehead atoms. The molecule has 9 heteroatoms. The van der Waals surface area contributed by atoms with E-state index in [9.17, 15) is 9.90 Å². The molecule has 0 aromatic carbocycles. The summed E-state index contributed by atoms with van der Waals surface area (Å²) in [4.78, 5) is 10.1. The van der Waals surface area contributed by atoms with Crippen LogP contribution in [0, 0.1) is 0 Å². The van der Waals surface area contributed by atoms with E-state index in [0.29, 0.717) is 6.54 Å². The van der Waals surface area contributed by atoms with E-state index in [1.54, 1.807) is 0 Å². The Balaban J connectivity index is -0.000000639. The number of hydrogen-bond donors (Lipinski definition) is 3. The maximum absolute atomic E-state index is 10.1. The van der Waals surface area contributed by atoms with Crippen molar-refractivity contribution in [2.45, 2.75) is 77.6 Å². The first-order valence-corrected chi connectivity index (χ1v) is 9.77. The molecule has 0 rings (SSSR count). The largest absolute Gasteiger partial charge is 1.00 e. The van der Waals surface area contributed by atoms with Crippen molar-refractivity contribution in [2.75, 3.05) is 13.1 Å². The molecule has 7 nitrogen and oxygen atoms in total. The summed E-state index contributed by atoms with van der Waals surface area (Å²) in [7, 11) is -4.67. The summed E-state index contributed by atoms with van der Waals surface area (Å²) < 4.78 is 31.6. The number of aliphatic carboxylic acids is 1. The fourth-order valence-electron chi connectivity index (χ4n) is 2.05. The van der Waals surface area contributed by atoms with E-state index in [-0.39, 0.29) is 36.0 Å². The van der Waals surface area contributed by atoms with E-state index < -0.39 is 16.4 Å². The van der Waals surface area contributed by atoms with Gasteiger partial charge in [0.2, 0.25) is 0 Å². The Labute approximate surface area is 168 Å². The molecular formula is C15H32NNaO6S. The van der Waals surface area contributed by atoms with Crippen molar-refractivity contribution in [2.24, 2.45) is 0 Å². The molecule has 0 unspecified atom stereocenters. The van der Waals surface area contributed by atoms with Crippen LogP contribution in [-0.2, 0) is 15.2 Å². The van der Waals surface area contributed by atoms with Crippen LogP contribution in [0.4, 0.5) is 0 Å². The minimum Gasteiger partial charge on any atom is -0.550 e. The smallest absolute Gasteiger partial charge is 0.550 e. The molecule has 0 amide bonds. The number of unbranched alkanes of at least 4 members (excludes halogenated alkanes) is 9. The van der Waals surface area contributed by atoms with Crippen molar-refractivity contribution < 1.29 is 57.0 Å². The van der Waals surface area contributed by atoms with Gasteiger partial charge in [0.25, 0.3) is 0 Å². The van der Waals surface area contributed by atoms with Gasteiger partial charge in [-0.25, -0.2) is 0 Å². The summed E-state index contributed by atoms with van der Waals surface area (Å²) in [5.74, 6) is -0.967. The van der Waals surface area contributed by atoms with Crippen molar-refractivity contribution >= 4 is 16.4 Å². The average molecular weight is 377 g/mol. The van der Waals surface area contributed by atoms with Crippen LogP contribution in [0.1, 0.15) is 77.6 Å². The zero-order valence-corrected chi connectivity index (χ0v) is 17.9. The predicted molar refractivity (Wildman–Crippen MR) is 88.5 cm³/mol. The molecule has 0 spiro atoms. The first-order chi connectivity index (χ1) is 10.8. The quantitative estimate of drug-likeness (QED) is 0.201. The zero-order valence-electron chi connectivity index (χ0n) is 15.1. The van der Waals surface area contributed by atoms with E-state index in [2.05, 4.69) is 12.2 Å². The fraction of sp³-hybridized carbons (Fsp3) is 0.933. The Kier molecular flexibility index (Phi) is 25.9. The third kappa shape index (κ3) is 43.2. The van der Waals surface area contributed by atoms with E-state index in [0.717, 1.165) is 13.0 Å². The molecule has 0 saturated heterocycles. The Bertz CT molecular complexity index is 357. The average Bonchev–Trinajstić information content (AvgIpc) is 2.42. The molecule has 0 fully saturated rings. The molecule has 0 aliphatic heterocycles. The van der Waals surface area contributed by atoms with Gasteiger partial charge in [0, 0.05) is 12.5 Å². The SMILES string of the molecule is CCCCCCCCCCCCNCCC(=O)[O-].O=S(=O)(O)O.[Na+]. The molecule has 3 N–H and O–H groups in total. The maximum Gasteiger partial charge on any atom is 1.00 e. The molecule has 24 heavy (non-hydrogen) atoms. The van der Waals surface area contributed by atoms with Crippen LogP contribution in [0.25, 0.3) is 0 Å². The molecule has 0 aliphatic carbocycles. The van der Waals surface area contributed by atoms with Crippen LogP contribution >= 0.6 is 0 Å². The normalized spacial score (nSPS) is 10.5. The number of carbonyl (C=O) groups excluding carboxylic acids is 1. The second-order valence-electron chi connectivity index (χ2n) is 5.50. The van der Waals surface area contributed by atoms with E-state index >= 15 is 0 Å². The Morgan fingerprint density at radius 2 is 1.25 bits per heavy atom. The van der Waals surface area contributed by atoms with E-state index in [1.807, 2.05) is 0 Å². The summed E-state index contributed by atoms with van der Waals surface area (Å²) >= 11 is 0. The molecular weight excluding hydrogens is 345 g/mol. The number of carbonyl (C=O) groups is 1. The summed E-state index contributed by atoms with van der Waals surface area (Å²) in [6, 6.07) is 0. The maximum atomic E-state index is 10.1. The van der Waals surface area contributed by atoms with Crippen molar-refractivity contribution in [1.82, 2.24) is 5.32 Å². The number of carboxylic acid groups (broad SMARTS) is 1. The Hall–Kier alpha value is 0.300. The topological polar surface area (TPSA) is 127 Å². The molecule has 0 heterocycles. The van der Waals surface area contributed by atoms with Gasteiger partial charge in [-0.1, -0.05) is 64.7 Å². The molecule has 0 aromatic heterocycles. The molecule has 0 radical (unpaired) electrons. The summed E-state index contributed by atoms with van der Waals surface area (Å²) in [5.41, 5.74) is 0. The van der Waals surface area contributed by atoms with Crippen LogP contribution in [0.3, 0.4) is 0 Å². The minimum absolute atomic E-state index is 0. The Morgan fingerprint density at radius 1 is 0.875 bits per heavy atom. The van der Waals surface area contributed by atoms with Crippen LogP contribution in [0.5, 0.6) is 0 Å². The van der Waals surface area contributed by atoms with Crippen molar-refractivity contribution in [3.05, 3.63) is 0 Å². The second-order valence-corrected chi connectivity index (χ2v) is 6.40. The summed E-state index contributed by atoms with van der Waals surface area (Å²) in [6.45, 7) is 3.73. The van der Waals surface area contributed by atoms with Crippen LogP contribution in [0.15, 0.2) is 0 Å². The van der Waals surface area contributed by atoms with Gasteiger partial charge in [0.15, 0.2) is 0 Å². The number of carboxylic acids is 1. The van der Waals surface area contributed by atoms with Gasteiger partial charge in [-0.15, -0.1) is 0 Å². The molecule has 140 valence electrons. The molecule has 0 aromatic rings. The van der Waals surface area contributed by atoms with Gasteiger partial charge in [0.1, 0.15) is 0 Å². The van der Waals surface area contributed by atoms with Crippen LogP contribution < -0.4 is 40.0 Å². The van der Waals surface area contributed by atoms with E-state index in [1.165, 1.54) is 57.8 Å². The summed E-state index contributed by atoms with van der Waals surface area (Å²) in [5, 5.41) is 13.3. The number of nitrogens with one attached hydrogen (secondary N) is 1. The first-order valence-electron chi connectivity index (χ1n) is 8.37. The van der Waals surface area contributed by atoms with Crippen molar-refractivity contribution in [3.63, 3.8) is 0 Å². The van der Waals surface area contributed by atoms with E-state index in [4.69, 9.17) is 17.5 Å². The predicted octanol–water partition coefficient (Wildman–Crippen LogP) is -1.01. The van der Waals surface area contributed by atoms with Crippen LogP contribution in [0.2, 0.25) is 0 Å². The third-order valence-corrected chi connectivity index (χ3v) is 3.21. The second kappa shape index (κ2) is 21.3. The van der Waals surface area contributed by atoms with Gasteiger partial charge >= 0.3 is 40.0 Å². The van der Waals surface area contributed by atoms with Gasteiger partial charge in [0.05, 0.1) is 0 Å². The van der Waals surface area contributed by atoms with Gasteiger partial charge in [-0.05, 0) is 19.4 Å². The monoisotopic (exact) mass is 377 g/mol. The first kappa shape index (κ1) is 29.1. The molecule has 0 aliphatic rings. The minimum atomic E-state index is -4.67.